The Bertz CT molecular complexity index is 900. The molecule has 1 aliphatic carbocycles. The average molecular weight is 413 g/mol. The van der Waals surface area contributed by atoms with Crippen molar-refractivity contribution >= 4 is 23.8 Å². The molecule has 0 unspecified atom stereocenters. The zero-order valence-electron chi connectivity index (χ0n) is 17.3. The molecule has 8 nitrogen and oxygen atoms in total. The molecular formula is C22H27N3O5. The molecule has 0 spiro atoms. The molecule has 1 N–H and O–H groups in total. The number of amides is 1. The van der Waals surface area contributed by atoms with Crippen molar-refractivity contribution in [2.24, 2.45) is 0 Å². The van der Waals surface area contributed by atoms with Crippen molar-refractivity contribution in [2.75, 3.05) is 25.6 Å². The van der Waals surface area contributed by atoms with E-state index in [4.69, 9.17) is 14.2 Å². The van der Waals surface area contributed by atoms with Gasteiger partial charge in [0, 0.05) is 12.1 Å². The van der Waals surface area contributed by atoms with Gasteiger partial charge in [-0.2, -0.15) is 5.10 Å². The van der Waals surface area contributed by atoms with Crippen LogP contribution in [0.15, 0.2) is 36.5 Å². The van der Waals surface area contributed by atoms with Crippen LogP contribution < -0.4 is 14.8 Å². The molecule has 8 heteroatoms. The van der Waals surface area contributed by atoms with E-state index < -0.39 is 11.9 Å². The Morgan fingerprint density at radius 2 is 2.03 bits per heavy atom. The summed E-state index contributed by atoms with van der Waals surface area (Å²) in [5.41, 5.74) is 0.747. The van der Waals surface area contributed by atoms with Crippen molar-refractivity contribution in [2.45, 2.75) is 38.6 Å². The van der Waals surface area contributed by atoms with Crippen LogP contribution in [-0.2, 0) is 14.3 Å². The van der Waals surface area contributed by atoms with E-state index in [0.717, 1.165) is 18.4 Å². The molecule has 30 heavy (non-hydrogen) atoms. The molecule has 1 amide bonds. The predicted octanol–water partition coefficient (Wildman–Crippen LogP) is 3.60. The molecule has 0 saturated heterocycles. The highest BCUT2D eigenvalue weighted by atomic mass is 16.5. The summed E-state index contributed by atoms with van der Waals surface area (Å²) in [6, 6.07) is 7.39. The molecule has 1 saturated carbocycles. The maximum Gasteiger partial charge on any atom is 0.331 e. The molecule has 1 heterocycles. The number of nitrogens with one attached hydrogen (secondary N) is 1. The molecule has 1 aromatic heterocycles. The number of anilines is 1. The second kappa shape index (κ2) is 10.5. The Hall–Kier alpha value is -3.29. The lowest BCUT2D eigenvalue weighted by molar-refractivity contribution is -0.142. The highest BCUT2D eigenvalue weighted by Crippen LogP contribution is 2.31. The summed E-state index contributed by atoms with van der Waals surface area (Å²) in [4.78, 5) is 24.1. The van der Waals surface area contributed by atoms with Gasteiger partial charge in [0.2, 0.25) is 0 Å². The number of hydrogen-bond donors (Lipinski definition) is 1. The standard InChI is InChI=1S/C22H27N3O5/c1-3-29-18-10-8-16(14-19(18)28-2)9-11-22(27)30-15-21(26)24-20-12-13-23-25(20)17-6-4-5-7-17/h8-14,17H,3-7,15H2,1-2H3,(H,24,26)/b11-9+. The lowest BCUT2D eigenvalue weighted by Crippen LogP contribution is -2.22. The first-order valence-corrected chi connectivity index (χ1v) is 10.1. The zero-order chi connectivity index (χ0) is 21.3. The third-order valence-corrected chi connectivity index (χ3v) is 4.85. The molecule has 1 aliphatic rings. The summed E-state index contributed by atoms with van der Waals surface area (Å²) in [7, 11) is 1.55. The largest absolute Gasteiger partial charge is 0.493 e. The van der Waals surface area contributed by atoms with Gasteiger partial charge in [-0.25, -0.2) is 9.48 Å². The average Bonchev–Trinajstić information content (AvgIpc) is 3.43. The number of benzene rings is 1. The summed E-state index contributed by atoms with van der Waals surface area (Å²) in [6.07, 6.45) is 8.97. The number of esters is 1. The van der Waals surface area contributed by atoms with Gasteiger partial charge in [0.15, 0.2) is 18.1 Å². The molecule has 0 aliphatic heterocycles. The van der Waals surface area contributed by atoms with Crippen LogP contribution in [0.25, 0.3) is 6.08 Å². The van der Waals surface area contributed by atoms with Gasteiger partial charge >= 0.3 is 5.97 Å². The van der Waals surface area contributed by atoms with Crippen molar-refractivity contribution in [3.05, 3.63) is 42.1 Å². The normalized spacial score (nSPS) is 14.1. The predicted molar refractivity (Wildman–Crippen MR) is 113 cm³/mol. The molecule has 1 aromatic carbocycles. The van der Waals surface area contributed by atoms with E-state index in [1.165, 1.54) is 18.9 Å². The maximum atomic E-state index is 12.2. The number of nitrogens with zero attached hydrogens (tertiary/aromatic N) is 2. The summed E-state index contributed by atoms with van der Waals surface area (Å²) < 4.78 is 17.6. The van der Waals surface area contributed by atoms with Gasteiger partial charge in [-0.15, -0.1) is 0 Å². The Balaban J connectivity index is 1.50. The summed E-state index contributed by atoms with van der Waals surface area (Å²) in [5.74, 6) is 0.820. The SMILES string of the molecule is CCOc1ccc(/C=C/C(=O)OCC(=O)Nc2ccnn2C2CCCC2)cc1OC. The smallest absolute Gasteiger partial charge is 0.331 e. The second-order valence-corrected chi connectivity index (χ2v) is 6.93. The maximum absolute atomic E-state index is 12.2. The lowest BCUT2D eigenvalue weighted by Gasteiger charge is -2.14. The number of ether oxygens (including phenoxy) is 3. The fraction of sp³-hybridized carbons (Fsp3) is 0.409. The second-order valence-electron chi connectivity index (χ2n) is 6.93. The van der Waals surface area contributed by atoms with E-state index in [9.17, 15) is 9.59 Å². The monoisotopic (exact) mass is 413 g/mol. The Labute approximate surface area is 175 Å². The number of methoxy groups -OCH3 is 1. The molecule has 160 valence electrons. The molecule has 0 atom stereocenters. The van der Waals surface area contributed by atoms with Crippen LogP contribution in [0.2, 0.25) is 0 Å². The first-order chi connectivity index (χ1) is 14.6. The van der Waals surface area contributed by atoms with Gasteiger partial charge in [-0.05, 0) is 43.5 Å². The van der Waals surface area contributed by atoms with Crippen molar-refractivity contribution in [1.82, 2.24) is 9.78 Å². The third kappa shape index (κ3) is 5.62. The summed E-state index contributed by atoms with van der Waals surface area (Å²) in [5, 5.41) is 7.06. The molecular weight excluding hydrogens is 386 g/mol. The quantitative estimate of drug-likeness (QED) is 0.499. The van der Waals surface area contributed by atoms with Crippen LogP contribution >= 0.6 is 0 Å². The number of carbonyl (C=O) groups excluding carboxylic acids is 2. The number of aromatic nitrogens is 2. The van der Waals surface area contributed by atoms with Gasteiger partial charge < -0.3 is 19.5 Å². The molecule has 2 aromatic rings. The molecule has 0 radical (unpaired) electrons. The fourth-order valence-electron chi connectivity index (χ4n) is 3.44. The van der Waals surface area contributed by atoms with Gasteiger partial charge in [0.05, 0.1) is 26.0 Å². The van der Waals surface area contributed by atoms with Crippen molar-refractivity contribution < 1.29 is 23.8 Å². The van der Waals surface area contributed by atoms with E-state index in [1.807, 2.05) is 11.6 Å². The van der Waals surface area contributed by atoms with E-state index >= 15 is 0 Å². The number of hydrogen-bond acceptors (Lipinski definition) is 6. The topological polar surface area (TPSA) is 91.7 Å². The summed E-state index contributed by atoms with van der Waals surface area (Å²) >= 11 is 0. The van der Waals surface area contributed by atoms with Gasteiger partial charge in [0.25, 0.3) is 5.91 Å². The van der Waals surface area contributed by atoms with Crippen LogP contribution in [-0.4, -0.2) is 42.0 Å². The van der Waals surface area contributed by atoms with Crippen LogP contribution in [0, 0.1) is 0 Å². The van der Waals surface area contributed by atoms with Crippen LogP contribution in [0.3, 0.4) is 0 Å². The highest BCUT2D eigenvalue weighted by Gasteiger charge is 2.20. The fourth-order valence-corrected chi connectivity index (χ4v) is 3.44. The third-order valence-electron chi connectivity index (χ3n) is 4.85. The van der Waals surface area contributed by atoms with Crippen molar-refractivity contribution in [3.8, 4) is 11.5 Å². The highest BCUT2D eigenvalue weighted by molar-refractivity contribution is 5.94. The summed E-state index contributed by atoms with van der Waals surface area (Å²) in [6.45, 7) is 2.05. The van der Waals surface area contributed by atoms with Crippen LogP contribution in [0.4, 0.5) is 5.82 Å². The number of carbonyl (C=O) groups is 2. The van der Waals surface area contributed by atoms with E-state index in [-0.39, 0.29) is 6.61 Å². The Morgan fingerprint density at radius 3 is 2.77 bits per heavy atom. The first kappa shape index (κ1) is 21.4. The minimum atomic E-state index is -0.609. The molecule has 1 fully saturated rings. The van der Waals surface area contributed by atoms with Crippen molar-refractivity contribution in [1.29, 1.82) is 0 Å². The van der Waals surface area contributed by atoms with E-state index in [0.29, 0.717) is 30.0 Å². The van der Waals surface area contributed by atoms with E-state index in [1.54, 1.807) is 43.6 Å². The van der Waals surface area contributed by atoms with Gasteiger partial charge in [0.1, 0.15) is 5.82 Å². The molecule has 3 rings (SSSR count). The van der Waals surface area contributed by atoms with E-state index in [2.05, 4.69) is 10.4 Å². The van der Waals surface area contributed by atoms with Gasteiger partial charge in [-0.1, -0.05) is 18.9 Å². The van der Waals surface area contributed by atoms with Gasteiger partial charge in [-0.3, -0.25) is 4.79 Å². The van der Waals surface area contributed by atoms with Crippen molar-refractivity contribution in [3.63, 3.8) is 0 Å². The molecule has 0 bridgehead atoms. The minimum absolute atomic E-state index is 0.312. The first-order valence-electron chi connectivity index (χ1n) is 10.1. The van der Waals surface area contributed by atoms with Crippen LogP contribution in [0.5, 0.6) is 11.5 Å². The minimum Gasteiger partial charge on any atom is -0.493 e. The zero-order valence-corrected chi connectivity index (χ0v) is 17.3. The Kier molecular flexibility index (Phi) is 7.48. The lowest BCUT2D eigenvalue weighted by atomic mass is 10.2. The van der Waals surface area contributed by atoms with Crippen LogP contribution in [0.1, 0.15) is 44.2 Å². The number of rotatable bonds is 9. The Morgan fingerprint density at radius 1 is 1.23 bits per heavy atom.